The summed E-state index contributed by atoms with van der Waals surface area (Å²) in [6.45, 7) is 3.92. The Balaban J connectivity index is 2.28. The van der Waals surface area contributed by atoms with E-state index in [1.807, 2.05) is 25.1 Å². The first-order valence-electron chi connectivity index (χ1n) is 6.64. The molecule has 0 unspecified atom stereocenters. The van der Waals surface area contributed by atoms with Crippen molar-refractivity contribution in [3.8, 4) is 11.3 Å². The summed E-state index contributed by atoms with van der Waals surface area (Å²) < 4.78 is 6.66. The summed E-state index contributed by atoms with van der Waals surface area (Å²) in [5.74, 6) is -0.443. The van der Waals surface area contributed by atoms with Crippen LogP contribution in [0.5, 0.6) is 0 Å². The first kappa shape index (κ1) is 13.2. The second-order valence-corrected chi connectivity index (χ2v) is 4.52. The van der Waals surface area contributed by atoms with E-state index in [0.717, 1.165) is 11.3 Å². The summed E-state index contributed by atoms with van der Waals surface area (Å²) in [6.07, 6.45) is 3.34. The SMILES string of the molecule is CCOC(=O)c1c(-c2cccnc2)nc2ccc(C)nn12. The Morgan fingerprint density at radius 3 is 2.90 bits per heavy atom. The molecule has 0 N–H and O–H groups in total. The average molecular weight is 282 g/mol. The Kier molecular flexibility index (Phi) is 3.35. The molecule has 0 bridgehead atoms. The van der Waals surface area contributed by atoms with Gasteiger partial charge < -0.3 is 4.74 Å². The zero-order chi connectivity index (χ0) is 14.8. The van der Waals surface area contributed by atoms with E-state index in [4.69, 9.17) is 4.74 Å². The molecule has 6 heteroatoms. The molecule has 3 rings (SSSR count). The van der Waals surface area contributed by atoms with Gasteiger partial charge in [-0.15, -0.1) is 0 Å². The molecule has 0 aliphatic carbocycles. The Bertz CT molecular complexity index is 796. The Morgan fingerprint density at radius 2 is 2.19 bits per heavy atom. The molecule has 0 atom stereocenters. The summed E-state index contributed by atoms with van der Waals surface area (Å²) in [5, 5.41) is 4.36. The van der Waals surface area contributed by atoms with E-state index >= 15 is 0 Å². The molecule has 0 amide bonds. The van der Waals surface area contributed by atoms with Gasteiger partial charge in [0.2, 0.25) is 0 Å². The fraction of sp³-hybridized carbons (Fsp3) is 0.200. The van der Waals surface area contributed by atoms with Gasteiger partial charge in [-0.3, -0.25) is 4.98 Å². The van der Waals surface area contributed by atoms with Gasteiger partial charge in [-0.05, 0) is 38.1 Å². The molecule has 3 aromatic heterocycles. The maximum absolute atomic E-state index is 12.3. The van der Waals surface area contributed by atoms with Gasteiger partial charge in [0.25, 0.3) is 0 Å². The number of ether oxygens (including phenoxy) is 1. The molecule has 6 nitrogen and oxygen atoms in total. The molecule has 0 aromatic carbocycles. The van der Waals surface area contributed by atoms with Crippen molar-refractivity contribution < 1.29 is 9.53 Å². The molecule has 0 saturated carbocycles. The number of nitrogens with zero attached hydrogens (tertiary/aromatic N) is 4. The van der Waals surface area contributed by atoms with Gasteiger partial charge in [-0.25, -0.2) is 14.3 Å². The lowest BCUT2D eigenvalue weighted by Gasteiger charge is -2.04. The zero-order valence-electron chi connectivity index (χ0n) is 11.8. The summed E-state index contributed by atoms with van der Waals surface area (Å²) >= 11 is 0. The smallest absolute Gasteiger partial charge is 0.359 e. The third kappa shape index (κ3) is 2.35. The Morgan fingerprint density at radius 1 is 1.33 bits per heavy atom. The number of rotatable bonds is 3. The van der Waals surface area contributed by atoms with Gasteiger partial charge in [0.15, 0.2) is 11.3 Å². The number of pyridine rings is 1. The number of carbonyl (C=O) groups excluding carboxylic acids is 1. The lowest BCUT2D eigenvalue weighted by Crippen LogP contribution is -2.11. The number of fused-ring (bicyclic) bond motifs is 1. The van der Waals surface area contributed by atoms with Crippen LogP contribution in [0.15, 0.2) is 36.7 Å². The summed E-state index contributed by atoms with van der Waals surface area (Å²) in [4.78, 5) is 20.8. The molecule has 0 saturated heterocycles. The predicted molar refractivity (Wildman–Crippen MR) is 76.9 cm³/mol. The molecule has 0 radical (unpaired) electrons. The van der Waals surface area contributed by atoms with Crippen molar-refractivity contribution in [1.29, 1.82) is 0 Å². The van der Waals surface area contributed by atoms with Crippen LogP contribution in [0.4, 0.5) is 0 Å². The van der Waals surface area contributed by atoms with Crippen LogP contribution in [0.2, 0.25) is 0 Å². The minimum absolute atomic E-state index is 0.296. The van der Waals surface area contributed by atoms with Gasteiger partial charge in [-0.2, -0.15) is 5.10 Å². The van der Waals surface area contributed by atoms with Crippen molar-refractivity contribution >= 4 is 11.6 Å². The number of imidazole rings is 1. The van der Waals surface area contributed by atoms with Crippen molar-refractivity contribution in [2.24, 2.45) is 0 Å². The molecular weight excluding hydrogens is 268 g/mol. The zero-order valence-corrected chi connectivity index (χ0v) is 11.8. The number of carbonyl (C=O) groups is 1. The van der Waals surface area contributed by atoms with E-state index in [-0.39, 0.29) is 0 Å². The second-order valence-electron chi connectivity index (χ2n) is 4.52. The molecule has 3 heterocycles. The van der Waals surface area contributed by atoms with Crippen LogP contribution in [0, 0.1) is 6.92 Å². The van der Waals surface area contributed by atoms with Gasteiger partial charge in [0, 0.05) is 18.0 Å². The van der Waals surface area contributed by atoms with Crippen molar-refractivity contribution in [3.63, 3.8) is 0 Å². The van der Waals surface area contributed by atoms with E-state index in [0.29, 0.717) is 23.6 Å². The number of esters is 1. The highest BCUT2D eigenvalue weighted by Crippen LogP contribution is 2.24. The molecule has 106 valence electrons. The molecular formula is C15H14N4O2. The Labute approximate surface area is 121 Å². The van der Waals surface area contributed by atoms with Crippen LogP contribution in [0.1, 0.15) is 23.1 Å². The minimum atomic E-state index is -0.443. The summed E-state index contributed by atoms with van der Waals surface area (Å²) in [7, 11) is 0. The third-order valence-electron chi connectivity index (χ3n) is 3.01. The molecule has 3 aromatic rings. The molecule has 0 aliphatic heterocycles. The van der Waals surface area contributed by atoms with Crippen molar-refractivity contribution in [2.45, 2.75) is 13.8 Å². The van der Waals surface area contributed by atoms with Gasteiger partial charge in [0.1, 0.15) is 5.69 Å². The number of hydrogen-bond acceptors (Lipinski definition) is 5. The fourth-order valence-electron chi connectivity index (χ4n) is 2.11. The maximum atomic E-state index is 12.3. The first-order chi connectivity index (χ1) is 10.2. The maximum Gasteiger partial charge on any atom is 0.359 e. The predicted octanol–water partition coefficient (Wildman–Crippen LogP) is 2.28. The minimum Gasteiger partial charge on any atom is -0.461 e. The summed E-state index contributed by atoms with van der Waals surface area (Å²) in [6, 6.07) is 7.33. The van der Waals surface area contributed by atoms with Gasteiger partial charge in [-0.1, -0.05) is 0 Å². The lowest BCUT2D eigenvalue weighted by atomic mass is 10.2. The number of hydrogen-bond donors (Lipinski definition) is 0. The fourth-order valence-corrected chi connectivity index (χ4v) is 2.11. The normalized spacial score (nSPS) is 10.8. The monoisotopic (exact) mass is 282 g/mol. The van der Waals surface area contributed by atoms with Crippen LogP contribution >= 0.6 is 0 Å². The molecule has 0 aliphatic rings. The quantitative estimate of drug-likeness (QED) is 0.689. The van der Waals surface area contributed by atoms with Crippen LogP contribution in [0.25, 0.3) is 16.9 Å². The highest BCUT2D eigenvalue weighted by molar-refractivity contribution is 5.95. The van der Waals surface area contributed by atoms with Crippen LogP contribution < -0.4 is 0 Å². The number of aromatic nitrogens is 4. The van der Waals surface area contributed by atoms with E-state index in [9.17, 15) is 4.79 Å². The second kappa shape index (κ2) is 5.32. The van der Waals surface area contributed by atoms with E-state index in [1.54, 1.807) is 25.4 Å². The first-order valence-corrected chi connectivity index (χ1v) is 6.64. The van der Waals surface area contributed by atoms with Crippen LogP contribution in [-0.4, -0.2) is 32.2 Å². The van der Waals surface area contributed by atoms with Crippen molar-refractivity contribution in [1.82, 2.24) is 19.6 Å². The lowest BCUT2D eigenvalue weighted by molar-refractivity contribution is 0.0517. The highest BCUT2D eigenvalue weighted by atomic mass is 16.5. The molecule has 0 fully saturated rings. The highest BCUT2D eigenvalue weighted by Gasteiger charge is 2.22. The van der Waals surface area contributed by atoms with Crippen molar-refractivity contribution in [2.75, 3.05) is 6.61 Å². The topological polar surface area (TPSA) is 69.4 Å². The molecule has 0 spiro atoms. The van der Waals surface area contributed by atoms with Crippen LogP contribution in [0.3, 0.4) is 0 Å². The molecule has 21 heavy (non-hydrogen) atoms. The Hall–Kier alpha value is -2.76. The van der Waals surface area contributed by atoms with E-state index in [2.05, 4.69) is 15.1 Å². The standard InChI is InChI=1S/C15H14N4O2/c1-3-21-15(20)14-13(11-5-4-8-16-9-11)17-12-7-6-10(2)18-19(12)14/h4-9H,3H2,1-2H3. The van der Waals surface area contributed by atoms with E-state index in [1.165, 1.54) is 4.52 Å². The van der Waals surface area contributed by atoms with Gasteiger partial charge in [0.05, 0.1) is 12.3 Å². The average Bonchev–Trinajstić information content (AvgIpc) is 2.87. The van der Waals surface area contributed by atoms with Crippen LogP contribution in [-0.2, 0) is 4.74 Å². The number of aryl methyl sites for hydroxylation is 1. The third-order valence-corrected chi connectivity index (χ3v) is 3.01. The van der Waals surface area contributed by atoms with E-state index < -0.39 is 5.97 Å². The largest absolute Gasteiger partial charge is 0.461 e. The van der Waals surface area contributed by atoms with Gasteiger partial charge >= 0.3 is 5.97 Å². The van der Waals surface area contributed by atoms with Crippen molar-refractivity contribution in [3.05, 3.63) is 48.0 Å². The summed E-state index contributed by atoms with van der Waals surface area (Å²) in [5.41, 5.74) is 3.00.